The number of methoxy groups -OCH3 is 1. The normalized spacial score (nSPS) is 15.5. The Morgan fingerprint density at radius 1 is 1.32 bits per heavy atom. The van der Waals surface area contributed by atoms with Crippen LogP contribution in [0.3, 0.4) is 0 Å². The molecule has 1 aromatic carbocycles. The molecule has 4 N–H and O–H groups in total. The second kappa shape index (κ2) is 5.27. The minimum absolute atomic E-state index is 0.0646. The molecular weight excluding hydrogens is 246 g/mol. The van der Waals surface area contributed by atoms with Crippen LogP contribution in [0.4, 0.5) is 16.2 Å². The van der Waals surface area contributed by atoms with Gasteiger partial charge < -0.3 is 15.8 Å². The fraction of sp³-hybridized carbons (Fsp3) is 0.385. The molecule has 19 heavy (non-hydrogen) atoms. The number of benzene rings is 1. The predicted molar refractivity (Wildman–Crippen MR) is 71.8 cm³/mol. The molecule has 0 bridgehead atoms. The zero-order chi connectivity index (χ0) is 13.9. The van der Waals surface area contributed by atoms with Gasteiger partial charge in [0.05, 0.1) is 12.5 Å². The van der Waals surface area contributed by atoms with Crippen molar-refractivity contribution in [2.24, 2.45) is 11.1 Å². The Morgan fingerprint density at radius 2 is 1.95 bits per heavy atom. The van der Waals surface area contributed by atoms with Crippen LogP contribution in [-0.4, -0.2) is 25.7 Å². The lowest BCUT2D eigenvalue weighted by Crippen LogP contribution is -2.30. The zero-order valence-electron chi connectivity index (χ0n) is 10.7. The molecule has 0 unspecified atom stereocenters. The summed E-state index contributed by atoms with van der Waals surface area (Å²) in [5.74, 6) is -0.0646. The van der Waals surface area contributed by atoms with E-state index in [0.717, 1.165) is 12.8 Å². The number of ether oxygens (including phenoxy) is 1. The van der Waals surface area contributed by atoms with Gasteiger partial charge in [-0.25, -0.2) is 4.79 Å². The highest BCUT2D eigenvalue weighted by molar-refractivity contribution is 5.98. The van der Waals surface area contributed by atoms with Gasteiger partial charge in [-0.15, -0.1) is 0 Å². The SMILES string of the molecule is COC(=O)Nc1cccc(NC(=O)C2(CN)CC2)c1. The van der Waals surface area contributed by atoms with E-state index >= 15 is 0 Å². The van der Waals surface area contributed by atoms with E-state index in [2.05, 4.69) is 15.4 Å². The van der Waals surface area contributed by atoms with E-state index in [9.17, 15) is 9.59 Å². The number of rotatable bonds is 4. The van der Waals surface area contributed by atoms with Crippen molar-refractivity contribution < 1.29 is 14.3 Å². The Kier molecular flexibility index (Phi) is 3.71. The molecule has 0 spiro atoms. The van der Waals surface area contributed by atoms with Crippen molar-refractivity contribution in [3.63, 3.8) is 0 Å². The first-order chi connectivity index (χ1) is 9.09. The van der Waals surface area contributed by atoms with Gasteiger partial charge in [0.15, 0.2) is 0 Å². The number of anilines is 2. The lowest BCUT2D eigenvalue weighted by molar-refractivity contribution is -0.120. The lowest BCUT2D eigenvalue weighted by atomic mass is 10.1. The molecule has 0 atom stereocenters. The fourth-order valence-corrected chi connectivity index (χ4v) is 1.78. The van der Waals surface area contributed by atoms with Crippen LogP contribution in [0.2, 0.25) is 0 Å². The number of nitrogens with one attached hydrogen (secondary N) is 2. The molecule has 2 amide bonds. The summed E-state index contributed by atoms with van der Waals surface area (Å²) >= 11 is 0. The van der Waals surface area contributed by atoms with Crippen LogP contribution in [0.5, 0.6) is 0 Å². The van der Waals surface area contributed by atoms with Gasteiger partial charge in [0.1, 0.15) is 0 Å². The smallest absolute Gasteiger partial charge is 0.411 e. The molecule has 102 valence electrons. The Balaban J connectivity index is 2.03. The number of amides is 2. The molecule has 0 radical (unpaired) electrons. The Hall–Kier alpha value is -2.08. The van der Waals surface area contributed by atoms with Gasteiger partial charge in [-0.2, -0.15) is 0 Å². The molecule has 1 saturated carbocycles. The lowest BCUT2D eigenvalue weighted by Gasteiger charge is -2.13. The molecule has 0 aliphatic heterocycles. The molecule has 6 heteroatoms. The van der Waals surface area contributed by atoms with Crippen molar-refractivity contribution in [1.29, 1.82) is 0 Å². The van der Waals surface area contributed by atoms with E-state index in [-0.39, 0.29) is 5.91 Å². The monoisotopic (exact) mass is 263 g/mol. The summed E-state index contributed by atoms with van der Waals surface area (Å²) in [4.78, 5) is 23.1. The average Bonchev–Trinajstić information content (AvgIpc) is 3.20. The van der Waals surface area contributed by atoms with Crippen LogP contribution in [0.25, 0.3) is 0 Å². The molecule has 1 fully saturated rings. The first kappa shape index (κ1) is 13.4. The predicted octanol–water partition coefficient (Wildman–Crippen LogP) is 1.54. The summed E-state index contributed by atoms with van der Waals surface area (Å²) in [6.45, 7) is 0.360. The third kappa shape index (κ3) is 3.03. The second-order valence-electron chi connectivity index (χ2n) is 4.64. The van der Waals surface area contributed by atoms with E-state index in [1.54, 1.807) is 24.3 Å². The van der Waals surface area contributed by atoms with Gasteiger partial charge in [-0.3, -0.25) is 10.1 Å². The maximum atomic E-state index is 12.0. The molecule has 0 saturated heterocycles. The first-order valence-electron chi connectivity index (χ1n) is 6.06. The van der Waals surface area contributed by atoms with E-state index in [4.69, 9.17) is 5.73 Å². The maximum absolute atomic E-state index is 12.0. The van der Waals surface area contributed by atoms with Gasteiger partial charge in [0.2, 0.25) is 5.91 Å². The fourth-order valence-electron chi connectivity index (χ4n) is 1.78. The quantitative estimate of drug-likeness (QED) is 0.768. The number of nitrogens with two attached hydrogens (primary N) is 1. The van der Waals surface area contributed by atoms with E-state index in [0.29, 0.717) is 17.9 Å². The van der Waals surface area contributed by atoms with Crippen LogP contribution in [-0.2, 0) is 9.53 Å². The first-order valence-corrected chi connectivity index (χ1v) is 6.06. The average molecular weight is 263 g/mol. The van der Waals surface area contributed by atoms with Crippen molar-refractivity contribution in [1.82, 2.24) is 0 Å². The van der Waals surface area contributed by atoms with E-state index < -0.39 is 11.5 Å². The summed E-state index contributed by atoms with van der Waals surface area (Å²) in [5.41, 5.74) is 6.39. The van der Waals surface area contributed by atoms with Gasteiger partial charge >= 0.3 is 6.09 Å². The third-order valence-corrected chi connectivity index (χ3v) is 3.28. The zero-order valence-corrected chi connectivity index (χ0v) is 10.7. The highest BCUT2D eigenvalue weighted by Gasteiger charge is 2.48. The van der Waals surface area contributed by atoms with Gasteiger partial charge in [-0.05, 0) is 31.0 Å². The number of hydrogen-bond acceptors (Lipinski definition) is 4. The Labute approximate surface area is 111 Å². The molecule has 1 aromatic rings. The molecule has 1 aliphatic rings. The minimum atomic E-state index is -0.552. The van der Waals surface area contributed by atoms with Crippen LogP contribution >= 0.6 is 0 Å². The molecule has 2 rings (SSSR count). The van der Waals surface area contributed by atoms with Crippen LogP contribution < -0.4 is 16.4 Å². The maximum Gasteiger partial charge on any atom is 0.411 e. The van der Waals surface area contributed by atoms with E-state index in [1.807, 2.05) is 0 Å². The van der Waals surface area contributed by atoms with Crippen molar-refractivity contribution in [2.75, 3.05) is 24.3 Å². The molecule has 0 aromatic heterocycles. The molecule has 6 nitrogen and oxygen atoms in total. The van der Waals surface area contributed by atoms with Gasteiger partial charge in [0, 0.05) is 17.9 Å². The van der Waals surface area contributed by atoms with Crippen molar-refractivity contribution >= 4 is 23.4 Å². The van der Waals surface area contributed by atoms with Crippen molar-refractivity contribution in [2.45, 2.75) is 12.8 Å². The summed E-state index contributed by atoms with van der Waals surface area (Å²) in [5, 5.41) is 5.35. The Morgan fingerprint density at radius 3 is 2.47 bits per heavy atom. The highest BCUT2D eigenvalue weighted by Crippen LogP contribution is 2.45. The summed E-state index contributed by atoms with van der Waals surface area (Å²) in [6.07, 6.45) is 1.11. The number of carbonyl (C=O) groups excluding carboxylic acids is 2. The number of hydrogen-bond donors (Lipinski definition) is 3. The summed E-state index contributed by atoms with van der Waals surface area (Å²) in [6, 6.07) is 6.87. The largest absolute Gasteiger partial charge is 0.453 e. The summed E-state index contributed by atoms with van der Waals surface area (Å²) in [7, 11) is 1.29. The topological polar surface area (TPSA) is 93.5 Å². The summed E-state index contributed by atoms with van der Waals surface area (Å²) < 4.78 is 4.50. The van der Waals surface area contributed by atoms with Crippen molar-refractivity contribution in [3.05, 3.63) is 24.3 Å². The second-order valence-corrected chi connectivity index (χ2v) is 4.64. The van der Waals surface area contributed by atoms with Gasteiger partial charge in [0.25, 0.3) is 0 Å². The molecular formula is C13H17N3O3. The van der Waals surface area contributed by atoms with E-state index in [1.165, 1.54) is 7.11 Å². The third-order valence-electron chi connectivity index (χ3n) is 3.28. The number of carbonyl (C=O) groups is 2. The standard InChI is InChI=1S/C13H17N3O3/c1-19-12(18)16-10-4-2-3-9(7-10)15-11(17)13(8-14)5-6-13/h2-4,7H,5-6,8,14H2,1H3,(H,15,17)(H,16,18). The Bertz CT molecular complexity index is 498. The van der Waals surface area contributed by atoms with Crippen molar-refractivity contribution in [3.8, 4) is 0 Å². The molecule has 0 heterocycles. The van der Waals surface area contributed by atoms with Crippen LogP contribution in [0.1, 0.15) is 12.8 Å². The highest BCUT2D eigenvalue weighted by atomic mass is 16.5. The van der Waals surface area contributed by atoms with Gasteiger partial charge in [-0.1, -0.05) is 6.07 Å². The molecule has 1 aliphatic carbocycles. The van der Waals surface area contributed by atoms with Crippen LogP contribution in [0.15, 0.2) is 24.3 Å². The van der Waals surface area contributed by atoms with Crippen LogP contribution in [0, 0.1) is 5.41 Å². The minimum Gasteiger partial charge on any atom is -0.453 e.